The van der Waals surface area contributed by atoms with Crippen molar-refractivity contribution in [2.45, 2.75) is 71.3 Å². The van der Waals surface area contributed by atoms with Crippen molar-refractivity contribution in [3.05, 3.63) is 0 Å². The summed E-state index contributed by atoms with van der Waals surface area (Å²) < 4.78 is 5.37. The van der Waals surface area contributed by atoms with E-state index in [0.29, 0.717) is 6.04 Å². The standard InChI is InChI=1S/C18H36N2O/c1-3-21-15-7-12-19-16-17(2)20-13-10-18(11-14-20)8-5-4-6-9-18/h17,19H,3-16H2,1-2H3. The molecule has 1 saturated carbocycles. The predicted octanol–water partition coefficient (Wildman–Crippen LogP) is 3.44. The van der Waals surface area contributed by atoms with Crippen molar-refractivity contribution < 1.29 is 4.74 Å². The van der Waals surface area contributed by atoms with Gasteiger partial charge >= 0.3 is 0 Å². The van der Waals surface area contributed by atoms with E-state index in [-0.39, 0.29) is 0 Å². The second-order valence-corrected chi connectivity index (χ2v) is 7.20. The van der Waals surface area contributed by atoms with Gasteiger partial charge in [-0.15, -0.1) is 0 Å². The lowest BCUT2D eigenvalue weighted by atomic mass is 9.68. The molecular formula is C18H36N2O. The first kappa shape index (κ1) is 17.2. The average Bonchev–Trinajstić information content (AvgIpc) is 2.52. The maximum atomic E-state index is 5.37. The van der Waals surface area contributed by atoms with Crippen LogP contribution in [0.1, 0.15) is 65.2 Å². The molecule has 2 aliphatic rings. The third kappa shape index (κ3) is 5.54. The number of ether oxygens (including phenoxy) is 1. The van der Waals surface area contributed by atoms with Crippen LogP contribution in [0.15, 0.2) is 0 Å². The first-order valence-corrected chi connectivity index (χ1v) is 9.28. The Bertz CT molecular complexity index is 266. The largest absolute Gasteiger partial charge is 0.382 e. The highest BCUT2D eigenvalue weighted by atomic mass is 16.5. The monoisotopic (exact) mass is 296 g/mol. The summed E-state index contributed by atoms with van der Waals surface area (Å²) in [5.41, 5.74) is 0.736. The zero-order chi connectivity index (χ0) is 15.0. The molecule has 0 aromatic carbocycles. The van der Waals surface area contributed by atoms with E-state index in [1.165, 1.54) is 58.0 Å². The van der Waals surface area contributed by atoms with E-state index >= 15 is 0 Å². The Morgan fingerprint density at radius 2 is 1.81 bits per heavy atom. The average molecular weight is 296 g/mol. The van der Waals surface area contributed by atoms with Crippen molar-refractivity contribution in [3.63, 3.8) is 0 Å². The summed E-state index contributed by atoms with van der Waals surface area (Å²) in [5.74, 6) is 0. The summed E-state index contributed by atoms with van der Waals surface area (Å²) >= 11 is 0. The molecule has 21 heavy (non-hydrogen) atoms. The minimum absolute atomic E-state index is 0.679. The molecule has 0 bridgehead atoms. The van der Waals surface area contributed by atoms with Gasteiger partial charge in [-0.1, -0.05) is 19.3 Å². The van der Waals surface area contributed by atoms with Crippen LogP contribution in [0.3, 0.4) is 0 Å². The minimum Gasteiger partial charge on any atom is -0.382 e. The molecule has 2 fully saturated rings. The molecule has 0 aromatic heterocycles. The van der Waals surface area contributed by atoms with E-state index in [0.717, 1.165) is 38.1 Å². The summed E-state index contributed by atoms with van der Waals surface area (Å²) in [5, 5.41) is 3.59. The smallest absolute Gasteiger partial charge is 0.0477 e. The van der Waals surface area contributed by atoms with Gasteiger partial charge in [0.2, 0.25) is 0 Å². The van der Waals surface area contributed by atoms with Gasteiger partial charge in [0.05, 0.1) is 0 Å². The van der Waals surface area contributed by atoms with Crippen LogP contribution < -0.4 is 5.32 Å². The van der Waals surface area contributed by atoms with E-state index in [1.54, 1.807) is 0 Å². The third-order valence-corrected chi connectivity index (χ3v) is 5.68. The fraction of sp³-hybridized carbons (Fsp3) is 1.00. The van der Waals surface area contributed by atoms with Gasteiger partial charge in [-0.3, -0.25) is 4.90 Å². The van der Waals surface area contributed by atoms with Crippen LogP contribution in [0.2, 0.25) is 0 Å². The van der Waals surface area contributed by atoms with Gasteiger partial charge < -0.3 is 10.1 Å². The molecule has 1 N–H and O–H groups in total. The molecule has 1 atom stereocenters. The normalized spacial score (nSPS) is 24.3. The van der Waals surface area contributed by atoms with Gasteiger partial charge in [0.15, 0.2) is 0 Å². The van der Waals surface area contributed by atoms with Crippen molar-refractivity contribution in [2.24, 2.45) is 5.41 Å². The lowest BCUT2D eigenvalue weighted by Crippen LogP contribution is -2.48. The van der Waals surface area contributed by atoms with Gasteiger partial charge in [0.1, 0.15) is 0 Å². The molecule has 0 aromatic rings. The second kappa shape index (κ2) is 9.12. The topological polar surface area (TPSA) is 24.5 Å². The third-order valence-electron chi connectivity index (χ3n) is 5.68. The van der Waals surface area contributed by atoms with E-state index in [2.05, 4.69) is 24.1 Å². The molecule has 1 aliphatic carbocycles. The molecule has 2 rings (SSSR count). The first-order valence-electron chi connectivity index (χ1n) is 9.28. The molecule has 1 unspecified atom stereocenters. The summed E-state index contributed by atoms with van der Waals surface area (Å²) in [7, 11) is 0. The number of piperidine rings is 1. The van der Waals surface area contributed by atoms with Crippen LogP contribution in [0.5, 0.6) is 0 Å². The number of likely N-dealkylation sites (tertiary alicyclic amines) is 1. The summed E-state index contributed by atoms with van der Waals surface area (Å²) in [6.45, 7) is 11.0. The highest BCUT2D eigenvalue weighted by Gasteiger charge is 2.36. The number of rotatable bonds is 8. The van der Waals surface area contributed by atoms with Crippen molar-refractivity contribution >= 4 is 0 Å². The summed E-state index contributed by atoms with van der Waals surface area (Å²) in [6.07, 6.45) is 11.5. The second-order valence-electron chi connectivity index (χ2n) is 7.20. The maximum Gasteiger partial charge on any atom is 0.0477 e. The van der Waals surface area contributed by atoms with Gasteiger partial charge in [0, 0.05) is 25.8 Å². The van der Waals surface area contributed by atoms with Crippen molar-refractivity contribution in [2.75, 3.05) is 39.4 Å². The zero-order valence-electron chi connectivity index (χ0n) is 14.3. The molecular weight excluding hydrogens is 260 g/mol. The van der Waals surface area contributed by atoms with E-state index < -0.39 is 0 Å². The Morgan fingerprint density at radius 1 is 1.10 bits per heavy atom. The lowest BCUT2D eigenvalue weighted by Gasteiger charge is -2.46. The number of hydrogen-bond acceptors (Lipinski definition) is 3. The first-order chi connectivity index (χ1) is 10.3. The van der Waals surface area contributed by atoms with Crippen molar-refractivity contribution in [1.82, 2.24) is 10.2 Å². The van der Waals surface area contributed by atoms with E-state index in [9.17, 15) is 0 Å². The van der Waals surface area contributed by atoms with Crippen LogP contribution >= 0.6 is 0 Å². The fourth-order valence-electron chi connectivity index (χ4n) is 4.12. The quantitative estimate of drug-likeness (QED) is 0.694. The Kier molecular flexibility index (Phi) is 7.48. The van der Waals surface area contributed by atoms with Crippen molar-refractivity contribution in [3.8, 4) is 0 Å². The highest BCUT2D eigenvalue weighted by Crippen LogP contribution is 2.44. The van der Waals surface area contributed by atoms with Gasteiger partial charge in [-0.05, 0) is 71.0 Å². The van der Waals surface area contributed by atoms with Crippen molar-refractivity contribution in [1.29, 1.82) is 0 Å². The Morgan fingerprint density at radius 3 is 2.48 bits per heavy atom. The molecule has 1 saturated heterocycles. The van der Waals surface area contributed by atoms with E-state index in [4.69, 9.17) is 4.74 Å². The van der Waals surface area contributed by atoms with Crippen LogP contribution in [-0.2, 0) is 4.74 Å². The zero-order valence-corrected chi connectivity index (χ0v) is 14.3. The molecule has 3 nitrogen and oxygen atoms in total. The molecule has 0 amide bonds. The molecule has 1 spiro atoms. The van der Waals surface area contributed by atoms with Gasteiger partial charge in [-0.2, -0.15) is 0 Å². The number of nitrogens with zero attached hydrogens (tertiary/aromatic N) is 1. The van der Waals surface area contributed by atoms with Crippen LogP contribution in [0, 0.1) is 5.41 Å². The molecule has 1 heterocycles. The Balaban J connectivity index is 1.58. The molecule has 1 aliphatic heterocycles. The Hall–Kier alpha value is -0.120. The van der Waals surface area contributed by atoms with Crippen LogP contribution in [-0.4, -0.2) is 50.3 Å². The molecule has 0 radical (unpaired) electrons. The summed E-state index contributed by atoms with van der Waals surface area (Å²) in [6, 6.07) is 0.679. The predicted molar refractivity (Wildman–Crippen MR) is 89.8 cm³/mol. The highest BCUT2D eigenvalue weighted by molar-refractivity contribution is 4.89. The molecule has 3 heteroatoms. The minimum atomic E-state index is 0.679. The lowest BCUT2D eigenvalue weighted by molar-refractivity contribution is 0.0488. The fourth-order valence-corrected chi connectivity index (χ4v) is 4.12. The maximum absolute atomic E-state index is 5.37. The van der Waals surface area contributed by atoms with Crippen LogP contribution in [0.25, 0.3) is 0 Å². The van der Waals surface area contributed by atoms with Crippen LogP contribution in [0.4, 0.5) is 0 Å². The van der Waals surface area contributed by atoms with Gasteiger partial charge in [-0.25, -0.2) is 0 Å². The molecule has 124 valence electrons. The number of hydrogen-bond donors (Lipinski definition) is 1. The SMILES string of the molecule is CCOCCCNCC(C)N1CCC2(CCCCC2)CC1. The number of nitrogens with one attached hydrogen (secondary N) is 1. The van der Waals surface area contributed by atoms with E-state index in [1.807, 2.05) is 0 Å². The summed E-state index contributed by atoms with van der Waals surface area (Å²) in [4.78, 5) is 2.70. The Labute approximate surface area is 131 Å². The van der Waals surface area contributed by atoms with Gasteiger partial charge in [0.25, 0.3) is 0 Å².